The van der Waals surface area contributed by atoms with E-state index in [4.69, 9.17) is 4.42 Å². The smallest absolute Gasteiger partial charge is 0.260 e. The summed E-state index contributed by atoms with van der Waals surface area (Å²) in [7, 11) is 0. The summed E-state index contributed by atoms with van der Waals surface area (Å²) in [5, 5.41) is 13.8. The van der Waals surface area contributed by atoms with Gasteiger partial charge in [0, 0.05) is 0 Å². The van der Waals surface area contributed by atoms with Crippen molar-refractivity contribution in [3.8, 4) is 0 Å². The van der Waals surface area contributed by atoms with Crippen molar-refractivity contribution >= 4 is 0 Å². The average Bonchev–Trinajstić information content (AvgIpc) is 2.59. The number of hydrogen-bond acceptors (Lipinski definition) is 6. The summed E-state index contributed by atoms with van der Waals surface area (Å²) in [5.74, 6) is 0.421. The molecule has 1 aromatic rings. The highest BCUT2D eigenvalue weighted by molar-refractivity contribution is 4.88. The Morgan fingerprint density at radius 1 is 1.30 bits per heavy atom. The molecule has 0 atom stereocenters. The molecule has 50 valence electrons. The van der Waals surface area contributed by atoms with Crippen LogP contribution in [-0.2, 0) is 0 Å². The van der Waals surface area contributed by atoms with Crippen LogP contribution in [0.3, 0.4) is 0 Å². The van der Waals surface area contributed by atoms with E-state index in [0.717, 1.165) is 0 Å². The van der Waals surface area contributed by atoms with Gasteiger partial charge >= 0.3 is 0 Å². The van der Waals surface area contributed by atoms with Crippen molar-refractivity contribution in [1.82, 2.24) is 4.98 Å². The Labute approximate surface area is 55.7 Å². The summed E-state index contributed by atoms with van der Waals surface area (Å²) in [6.45, 7) is 0. The van der Waals surface area contributed by atoms with Crippen LogP contribution < -0.4 is 0 Å². The van der Waals surface area contributed by atoms with E-state index in [2.05, 4.69) is 25.7 Å². The molecule has 0 spiro atoms. The summed E-state index contributed by atoms with van der Waals surface area (Å²) < 4.78 is 4.90. The van der Waals surface area contributed by atoms with Crippen molar-refractivity contribution in [2.45, 2.75) is 6.17 Å². The zero-order chi connectivity index (χ0) is 6.81. The third-order valence-electron chi connectivity index (χ3n) is 1.03. The molecule has 0 radical (unpaired) electrons. The first-order chi connectivity index (χ1) is 4.97. The van der Waals surface area contributed by atoms with Gasteiger partial charge in [-0.3, -0.25) is 0 Å². The van der Waals surface area contributed by atoms with Gasteiger partial charge in [0.25, 0.3) is 6.17 Å². The van der Waals surface area contributed by atoms with Crippen LogP contribution in [0.1, 0.15) is 12.1 Å². The molecule has 2 rings (SSSR count). The van der Waals surface area contributed by atoms with E-state index in [1.54, 1.807) is 0 Å². The second kappa shape index (κ2) is 1.98. The number of aromatic nitrogens is 1. The molecule has 0 fully saturated rings. The van der Waals surface area contributed by atoms with Crippen molar-refractivity contribution in [2.75, 3.05) is 0 Å². The van der Waals surface area contributed by atoms with Crippen molar-refractivity contribution in [3.05, 3.63) is 18.4 Å². The molecule has 6 heteroatoms. The summed E-state index contributed by atoms with van der Waals surface area (Å²) >= 11 is 0. The highest BCUT2D eigenvalue weighted by Crippen LogP contribution is 2.21. The van der Waals surface area contributed by atoms with Crippen molar-refractivity contribution in [3.63, 3.8) is 0 Å². The minimum absolute atomic E-state index is 0.421. The molecule has 0 bridgehead atoms. The van der Waals surface area contributed by atoms with Gasteiger partial charge < -0.3 is 4.42 Å². The first-order valence-electron chi connectivity index (χ1n) is 2.66. The lowest BCUT2D eigenvalue weighted by atomic mass is 10.5. The van der Waals surface area contributed by atoms with E-state index in [-0.39, 0.29) is 0 Å². The molecule has 0 amide bonds. The largest absolute Gasteiger partial charge is 0.445 e. The highest BCUT2D eigenvalue weighted by atomic mass is 16.3. The van der Waals surface area contributed by atoms with Crippen LogP contribution in [0.2, 0.25) is 0 Å². The van der Waals surface area contributed by atoms with Crippen molar-refractivity contribution in [1.29, 1.82) is 0 Å². The van der Waals surface area contributed by atoms with E-state index in [9.17, 15) is 0 Å². The van der Waals surface area contributed by atoms with Gasteiger partial charge in [0.15, 0.2) is 0 Å². The Morgan fingerprint density at radius 2 is 2.10 bits per heavy atom. The minimum Gasteiger partial charge on any atom is -0.445 e. The maximum atomic E-state index is 4.90. The highest BCUT2D eigenvalue weighted by Gasteiger charge is 2.16. The third kappa shape index (κ3) is 0.697. The van der Waals surface area contributed by atoms with Gasteiger partial charge in [-0.15, -0.1) is 10.2 Å². The third-order valence-corrected chi connectivity index (χ3v) is 1.03. The van der Waals surface area contributed by atoms with E-state index in [0.29, 0.717) is 5.89 Å². The van der Waals surface area contributed by atoms with Crippen LogP contribution >= 0.6 is 0 Å². The van der Waals surface area contributed by atoms with Crippen LogP contribution in [0.15, 0.2) is 37.6 Å². The number of oxazole rings is 1. The molecule has 0 saturated carbocycles. The normalized spacial score (nSPS) is 16.8. The molecule has 1 aliphatic heterocycles. The molecular weight excluding hydrogens is 134 g/mol. The predicted molar refractivity (Wildman–Crippen MR) is 29.0 cm³/mol. The summed E-state index contributed by atoms with van der Waals surface area (Å²) in [4.78, 5) is 3.82. The fraction of sp³-hybridized carbons (Fsp3) is 0.250. The Bertz CT molecular complexity index is 251. The quantitative estimate of drug-likeness (QED) is 0.588. The van der Waals surface area contributed by atoms with Gasteiger partial charge in [-0.25, -0.2) is 4.98 Å². The lowest BCUT2D eigenvalue weighted by Crippen LogP contribution is -1.86. The van der Waals surface area contributed by atoms with Crippen LogP contribution in [0.4, 0.5) is 0 Å². The summed E-state index contributed by atoms with van der Waals surface area (Å²) in [6.07, 6.45) is 2.52. The van der Waals surface area contributed by atoms with Gasteiger partial charge in [-0.1, -0.05) is 0 Å². The van der Waals surface area contributed by atoms with Gasteiger partial charge in [0.1, 0.15) is 6.26 Å². The summed E-state index contributed by atoms with van der Waals surface area (Å²) in [5.41, 5.74) is 0. The Balaban J connectivity index is 2.29. The average molecular weight is 137 g/mol. The number of rotatable bonds is 1. The molecule has 1 aliphatic rings. The molecule has 0 unspecified atom stereocenters. The Hall–Kier alpha value is -1.59. The second-order valence-corrected chi connectivity index (χ2v) is 1.65. The van der Waals surface area contributed by atoms with Crippen LogP contribution in [0.25, 0.3) is 0 Å². The summed E-state index contributed by atoms with van der Waals surface area (Å²) in [6, 6.07) is 0. The molecule has 10 heavy (non-hydrogen) atoms. The van der Waals surface area contributed by atoms with E-state index in [1.165, 1.54) is 12.5 Å². The van der Waals surface area contributed by atoms with E-state index in [1.807, 2.05) is 0 Å². The van der Waals surface area contributed by atoms with Crippen LogP contribution in [-0.4, -0.2) is 4.98 Å². The molecule has 2 heterocycles. The van der Waals surface area contributed by atoms with Crippen molar-refractivity contribution < 1.29 is 4.42 Å². The fourth-order valence-corrected chi connectivity index (χ4v) is 0.628. The van der Waals surface area contributed by atoms with Gasteiger partial charge in [-0.2, -0.15) is 0 Å². The van der Waals surface area contributed by atoms with Gasteiger partial charge in [-0.05, 0) is 10.4 Å². The van der Waals surface area contributed by atoms with Crippen LogP contribution in [0.5, 0.6) is 0 Å². The maximum Gasteiger partial charge on any atom is 0.260 e. The van der Waals surface area contributed by atoms with E-state index >= 15 is 0 Å². The maximum absolute atomic E-state index is 4.90. The Kier molecular flexibility index (Phi) is 1.03. The van der Waals surface area contributed by atoms with Crippen molar-refractivity contribution in [2.24, 2.45) is 20.7 Å². The molecule has 0 aliphatic carbocycles. The topological polar surface area (TPSA) is 75.5 Å². The number of nitrogens with zero attached hydrogens (tertiary/aromatic N) is 5. The second-order valence-electron chi connectivity index (χ2n) is 1.65. The first-order valence-corrected chi connectivity index (χ1v) is 2.66. The standard InChI is InChI=1S/C4H3N5O/c1-2-10-4(5-1)3-6-8-9-7-3/h1-3H. The lowest BCUT2D eigenvalue weighted by molar-refractivity contribution is 0.455. The SMILES string of the molecule is c1coc(C2N=NN=N2)n1. The van der Waals surface area contributed by atoms with E-state index < -0.39 is 6.17 Å². The molecule has 0 saturated heterocycles. The number of hydrogen-bond donors (Lipinski definition) is 0. The molecule has 6 nitrogen and oxygen atoms in total. The molecule has 0 N–H and O–H groups in total. The lowest BCUT2D eigenvalue weighted by Gasteiger charge is -1.89. The Morgan fingerprint density at radius 3 is 2.70 bits per heavy atom. The zero-order valence-corrected chi connectivity index (χ0v) is 4.88. The minimum atomic E-state index is -0.463. The molecular formula is C4H3N5O. The zero-order valence-electron chi connectivity index (χ0n) is 4.88. The fourth-order valence-electron chi connectivity index (χ4n) is 0.628. The van der Waals surface area contributed by atoms with Gasteiger partial charge in [0.05, 0.1) is 6.20 Å². The predicted octanol–water partition coefficient (Wildman–Crippen LogP) is 1.51. The van der Waals surface area contributed by atoms with Crippen LogP contribution in [0, 0.1) is 0 Å². The van der Waals surface area contributed by atoms with Gasteiger partial charge in [0.2, 0.25) is 5.89 Å². The monoisotopic (exact) mass is 137 g/mol. The molecule has 0 aromatic carbocycles. The molecule has 1 aromatic heterocycles. The first kappa shape index (κ1) is 5.21.